The molecule has 2 amide bonds. The summed E-state index contributed by atoms with van der Waals surface area (Å²) in [4.78, 5) is 27.2. The van der Waals surface area contributed by atoms with Crippen LogP contribution in [0.1, 0.15) is 45.1 Å². The van der Waals surface area contributed by atoms with Gasteiger partial charge in [-0.2, -0.15) is 4.99 Å². The lowest BCUT2D eigenvalue weighted by atomic mass is 10.0. The molecule has 7 heteroatoms. The maximum Gasteiger partial charge on any atom is 0.343 e. The number of benzene rings is 1. The summed E-state index contributed by atoms with van der Waals surface area (Å²) in [6.45, 7) is 5.81. The first-order valence-electron chi connectivity index (χ1n) is 10.0. The maximum atomic E-state index is 12.4. The number of aromatic nitrogens is 2. The average molecular weight is 408 g/mol. The van der Waals surface area contributed by atoms with Crippen molar-refractivity contribution in [3.63, 3.8) is 0 Å². The minimum atomic E-state index is -0.107. The minimum absolute atomic E-state index is 0.107. The molecular weight excluding hydrogens is 382 g/mol. The molecule has 150 valence electrons. The third kappa shape index (κ3) is 4.00. The van der Waals surface area contributed by atoms with Gasteiger partial charge in [0, 0.05) is 28.9 Å². The highest BCUT2D eigenvalue weighted by atomic mass is 32.1. The van der Waals surface area contributed by atoms with Gasteiger partial charge in [-0.25, -0.2) is 14.8 Å². The lowest BCUT2D eigenvalue weighted by Gasteiger charge is -2.12. The highest BCUT2D eigenvalue weighted by molar-refractivity contribution is 7.26. The quantitative estimate of drug-likeness (QED) is 0.596. The topological polar surface area (TPSA) is 84.5 Å². The van der Waals surface area contributed by atoms with Gasteiger partial charge in [-0.05, 0) is 49.5 Å². The maximum absolute atomic E-state index is 12.4. The third-order valence-electron chi connectivity index (χ3n) is 5.24. The van der Waals surface area contributed by atoms with Crippen LogP contribution in [-0.2, 0) is 0 Å². The van der Waals surface area contributed by atoms with E-state index < -0.39 is 0 Å². The van der Waals surface area contributed by atoms with E-state index in [0.717, 1.165) is 75.9 Å². The number of amides is 2. The van der Waals surface area contributed by atoms with Gasteiger partial charge in [0.1, 0.15) is 12.1 Å². The molecule has 1 fully saturated rings. The van der Waals surface area contributed by atoms with Crippen molar-refractivity contribution in [2.45, 2.75) is 39.5 Å². The van der Waals surface area contributed by atoms with E-state index in [0.29, 0.717) is 5.82 Å². The molecule has 1 aliphatic heterocycles. The number of hydrogen-bond acceptors (Lipinski definition) is 5. The van der Waals surface area contributed by atoms with E-state index >= 15 is 0 Å². The van der Waals surface area contributed by atoms with Crippen molar-refractivity contribution < 1.29 is 4.79 Å². The normalized spacial score (nSPS) is 15.6. The number of allylic oxidation sites excluding steroid dienone is 2. The molecule has 0 bridgehead atoms. The highest BCUT2D eigenvalue weighted by Gasteiger charge is 2.17. The number of carbonyl (C=O) groups is 1. The Labute approximate surface area is 174 Å². The Kier molecular flexibility index (Phi) is 5.58. The lowest BCUT2D eigenvalue weighted by Crippen LogP contribution is -2.25. The molecule has 4 rings (SSSR count). The van der Waals surface area contributed by atoms with E-state index in [-0.39, 0.29) is 6.03 Å². The van der Waals surface area contributed by atoms with Crippen LogP contribution < -0.4 is 5.73 Å². The molecule has 0 atom stereocenters. The Bertz CT molecular complexity index is 1120. The number of anilines is 1. The summed E-state index contributed by atoms with van der Waals surface area (Å²) in [5.74, 6) is 0.516. The number of rotatable bonds is 4. The first-order valence-corrected chi connectivity index (χ1v) is 10.9. The smallest absolute Gasteiger partial charge is 0.343 e. The fourth-order valence-corrected chi connectivity index (χ4v) is 4.79. The van der Waals surface area contributed by atoms with Crippen molar-refractivity contribution in [3.05, 3.63) is 36.2 Å². The Morgan fingerprint density at radius 2 is 2.10 bits per heavy atom. The summed E-state index contributed by atoms with van der Waals surface area (Å²) in [5, 5.41) is 1.09. The predicted molar refractivity (Wildman–Crippen MR) is 122 cm³/mol. The van der Waals surface area contributed by atoms with Gasteiger partial charge in [-0.1, -0.05) is 25.5 Å². The molecule has 29 heavy (non-hydrogen) atoms. The van der Waals surface area contributed by atoms with E-state index in [1.807, 2.05) is 11.0 Å². The molecule has 0 spiro atoms. The SMILES string of the molecule is CCCC(/C=C(\C)c1ccc2c(c1)sc1c(N)ncnc12)=NC(=O)N1CCCC1. The van der Waals surface area contributed by atoms with Crippen molar-refractivity contribution in [1.29, 1.82) is 0 Å². The van der Waals surface area contributed by atoms with E-state index in [2.05, 4.69) is 47.0 Å². The summed E-state index contributed by atoms with van der Waals surface area (Å²) in [6, 6.07) is 6.21. The van der Waals surface area contributed by atoms with Crippen LogP contribution in [0.5, 0.6) is 0 Å². The van der Waals surface area contributed by atoms with E-state index in [1.54, 1.807) is 11.3 Å². The zero-order chi connectivity index (χ0) is 20.4. The second-order valence-corrected chi connectivity index (χ2v) is 8.46. The average Bonchev–Trinajstić information content (AvgIpc) is 3.36. The number of aliphatic imine (C=N–C) groups is 1. The van der Waals surface area contributed by atoms with Gasteiger partial charge in [-0.3, -0.25) is 0 Å². The molecule has 2 aromatic heterocycles. The Morgan fingerprint density at radius 1 is 1.31 bits per heavy atom. The molecule has 0 radical (unpaired) electrons. The number of fused-ring (bicyclic) bond motifs is 3. The summed E-state index contributed by atoms with van der Waals surface area (Å²) < 4.78 is 2.05. The first kappa shape index (κ1) is 19.5. The molecule has 3 heterocycles. The van der Waals surface area contributed by atoms with Crippen LogP contribution in [-0.4, -0.2) is 39.7 Å². The van der Waals surface area contributed by atoms with Crippen LogP contribution >= 0.6 is 11.3 Å². The zero-order valence-corrected chi connectivity index (χ0v) is 17.6. The number of hydrogen-bond donors (Lipinski definition) is 1. The van der Waals surface area contributed by atoms with Gasteiger partial charge in [0.05, 0.1) is 10.2 Å². The Hall–Kier alpha value is -2.80. The standard InChI is InChI=1S/C22H25N5OS/c1-3-6-16(26-22(28)27-9-4-5-10-27)11-14(2)15-7-8-17-18(12-15)29-20-19(17)24-13-25-21(20)23/h7-8,11-13H,3-6,9-10H2,1-2H3,(H2,23,24,25)/b14-11+,26-16?. The van der Waals surface area contributed by atoms with Crippen LogP contribution in [0.2, 0.25) is 0 Å². The van der Waals surface area contributed by atoms with E-state index in [1.165, 1.54) is 6.33 Å². The minimum Gasteiger partial charge on any atom is -0.382 e. The fourth-order valence-electron chi connectivity index (χ4n) is 3.69. The van der Waals surface area contributed by atoms with Crippen LogP contribution in [0, 0.1) is 0 Å². The fraction of sp³-hybridized carbons (Fsp3) is 0.364. The molecule has 1 aromatic carbocycles. The van der Waals surface area contributed by atoms with Gasteiger partial charge in [0.15, 0.2) is 0 Å². The van der Waals surface area contributed by atoms with Crippen molar-refractivity contribution in [2.75, 3.05) is 18.8 Å². The molecule has 1 saturated heterocycles. The second kappa shape index (κ2) is 8.29. The Morgan fingerprint density at radius 3 is 2.86 bits per heavy atom. The zero-order valence-electron chi connectivity index (χ0n) is 16.8. The van der Waals surface area contributed by atoms with E-state index in [9.17, 15) is 4.79 Å². The number of thiophene rings is 1. The van der Waals surface area contributed by atoms with Crippen molar-refractivity contribution >= 4 is 54.8 Å². The van der Waals surface area contributed by atoms with Crippen LogP contribution in [0.15, 0.2) is 35.6 Å². The Balaban J connectivity index is 1.67. The summed E-state index contributed by atoms with van der Waals surface area (Å²) in [7, 11) is 0. The van der Waals surface area contributed by atoms with Crippen LogP contribution in [0.4, 0.5) is 10.6 Å². The molecule has 2 N–H and O–H groups in total. The molecule has 0 unspecified atom stereocenters. The number of likely N-dealkylation sites (tertiary alicyclic amines) is 1. The molecule has 6 nitrogen and oxygen atoms in total. The number of urea groups is 1. The monoisotopic (exact) mass is 407 g/mol. The van der Waals surface area contributed by atoms with Crippen LogP contribution in [0.3, 0.4) is 0 Å². The van der Waals surface area contributed by atoms with Crippen molar-refractivity contribution in [2.24, 2.45) is 4.99 Å². The largest absolute Gasteiger partial charge is 0.382 e. The summed E-state index contributed by atoms with van der Waals surface area (Å²) >= 11 is 1.61. The van der Waals surface area contributed by atoms with Crippen LogP contribution in [0.25, 0.3) is 25.9 Å². The van der Waals surface area contributed by atoms with Gasteiger partial charge in [0.2, 0.25) is 0 Å². The number of nitrogen functional groups attached to an aromatic ring is 1. The highest BCUT2D eigenvalue weighted by Crippen LogP contribution is 2.36. The van der Waals surface area contributed by atoms with Crippen molar-refractivity contribution in [3.8, 4) is 0 Å². The van der Waals surface area contributed by atoms with Gasteiger partial charge >= 0.3 is 6.03 Å². The summed E-state index contributed by atoms with van der Waals surface area (Å²) in [6.07, 6.45) is 7.43. The van der Waals surface area contributed by atoms with Gasteiger partial charge in [0.25, 0.3) is 0 Å². The molecular formula is C22H25N5OS. The second-order valence-electron chi connectivity index (χ2n) is 7.41. The molecule has 3 aromatic rings. The number of nitrogens with zero attached hydrogens (tertiary/aromatic N) is 4. The van der Waals surface area contributed by atoms with E-state index in [4.69, 9.17) is 5.73 Å². The van der Waals surface area contributed by atoms with Gasteiger partial charge in [-0.15, -0.1) is 11.3 Å². The molecule has 0 aliphatic carbocycles. The third-order valence-corrected chi connectivity index (χ3v) is 6.40. The van der Waals surface area contributed by atoms with Crippen molar-refractivity contribution in [1.82, 2.24) is 14.9 Å². The number of carbonyl (C=O) groups excluding carboxylic acids is 1. The first-order chi connectivity index (χ1) is 14.1. The predicted octanol–water partition coefficient (Wildman–Crippen LogP) is 5.29. The number of nitrogens with two attached hydrogens (primary N) is 1. The van der Waals surface area contributed by atoms with Gasteiger partial charge < -0.3 is 10.6 Å². The summed E-state index contributed by atoms with van der Waals surface area (Å²) in [5.41, 5.74) is 9.94. The molecule has 0 saturated carbocycles. The molecule has 1 aliphatic rings. The lowest BCUT2D eigenvalue weighted by molar-refractivity contribution is 0.219.